The Morgan fingerprint density at radius 2 is 1.90 bits per heavy atom. The molecule has 0 radical (unpaired) electrons. The summed E-state index contributed by atoms with van der Waals surface area (Å²) in [6, 6.07) is 5.68. The molecule has 166 valence electrons. The molecular formula is C21H28ClN7O2. The number of benzene rings is 1. The lowest BCUT2D eigenvalue weighted by molar-refractivity contribution is -0.116. The molecule has 1 fully saturated rings. The third-order valence-electron chi connectivity index (χ3n) is 5.40. The van der Waals surface area contributed by atoms with Gasteiger partial charge in [-0.2, -0.15) is 0 Å². The van der Waals surface area contributed by atoms with Gasteiger partial charge in [-0.1, -0.05) is 18.5 Å². The summed E-state index contributed by atoms with van der Waals surface area (Å²) in [5, 5.41) is 3.31. The molecule has 0 atom stereocenters. The number of anilines is 4. The van der Waals surface area contributed by atoms with Gasteiger partial charge < -0.3 is 25.8 Å². The summed E-state index contributed by atoms with van der Waals surface area (Å²) in [6.07, 6.45) is 0.527. The lowest BCUT2D eigenvalue weighted by Gasteiger charge is -2.36. The second-order valence-corrected chi connectivity index (χ2v) is 7.93. The summed E-state index contributed by atoms with van der Waals surface area (Å²) in [5.41, 5.74) is 8.39. The van der Waals surface area contributed by atoms with E-state index >= 15 is 0 Å². The molecular weight excluding hydrogens is 418 g/mol. The zero-order chi connectivity index (χ0) is 22.7. The smallest absolute Gasteiger partial charge is 0.271 e. The van der Waals surface area contributed by atoms with Gasteiger partial charge in [0.1, 0.15) is 0 Å². The number of nitrogens with one attached hydrogen (secondary N) is 1. The fourth-order valence-corrected chi connectivity index (χ4v) is 3.68. The van der Waals surface area contributed by atoms with Crippen molar-refractivity contribution in [2.75, 3.05) is 55.4 Å². The van der Waals surface area contributed by atoms with E-state index in [9.17, 15) is 9.59 Å². The number of halogens is 1. The van der Waals surface area contributed by atoms with Crippen molar-refractivity contribution in [2.45, 2.75) is 20.3 Å². The molecule has 0 bridgehead atoms. The molecule has 3 N–H and O–H groups in total. The molecule has 0 unspecified atom stereocenters. The minimum Gasteiger partial charge on any atom is -0.367 e. The third kappa shape index (κ3) is 5.05. The Morgan fingerprint density at radius 3 is 2.48 bits per heavy atom. The summed E-state index contributed by atoms with van der Waals surface area (Å²) >= 11 is 6.20. The Kier molecular flexibility index (Phi) is 6.97. The Morgan fingerprint density at radius 1 is 1.23 bits per heavy atom. The van der Waals surface area contributed by atoms with Crippen LogP contribution in [0.1, 0.15) is 30.0 Å². The SMILES string of the molecule is CCc1nc(C(N)=O)c(Nc2ccc(N3CCN(C)CC3)c(N(C)C(C)=O)c2)nc1Cl. The van der Waals surface area contributed by atoms with Crippen molar-refractivity contribution >= 4 is 46.3 Å². The Hall–Kier alpha value is -2.91. The van der Waals surface area contributed by atoms with Gasteiger partial charge in [0.15, 0.2) is 16.7 Å². The normalized spacial score (nSPS) is 14.4. The van der Waals surface area contributed by atoms with Crippen LogP contribution in [-0.4, -0.2) is 67.0 Å². The fourth-order valence-electron chi connectivity index (χ4n) is 3.42. The number of carbonyl (C=O) groups excluding carboxylic acids is 2. The van der Waals surface area contributed by atoms with Crippen molar-refractivity contribution in [3.8, 4) is 0 Å². The van der Waals surface area contributed by atoms with Gasteiger partial charge in [-0.25, -0.2) is 9.97 Å². The van der Waals surface area contributed by atoms with Crippen LogP contribution in [0.25, 0.3) is 0 Å². The van der Waals surface area contributed by atoms with Crippen LogP contribution in [0.3, 0.4) is 0 Å². The quantitative estimate of drug-likeness (QED) is 0.702. The molecule has 1 aromatic heterocycles. The van der Waals surface area contributed by atoms with E-state index in [-0.39, 0.29) is 22.6 Å². The second kappa shape index (κ2) is 9.49. The van der Waals surface area contributed by atoms with Crippen LogP contribution in [-0.2, 0) is 11.2 Å². The Bertz CT molecular complexity index is 990. The highest BCUT2D eigenvalue weighted by atomic mass is 35.5. The van der Waals surface area contributed by atoms with E-state index in [2.05, 4.69) is 32.1 Å². The number of likely N-dealkylation sites (N-methyl/N-ethyl adjacent to an activating group) is 1. The minimum absolute atomic E-state index is 0.0193. The molecule has 2 amide bonds. The van der Waals surface area contributed by atoms with Crippen LogP contribution < -0.4 is 20.9 Å². The van der Waals surface area contributed by atoms with E-state index in [1.807, 2.05) is 25.1 Å². The largest absolute Gasteiger partial charge is 0.367 e. The van der Waals surface area contributed by atoms with Crippen molar-refractivity contribution in [3.63, 3.8) is 0 Å². The summed E-state index contributed by atoms with van der Waals surface area (Å²) in [5.74, 6) is -0.601. The van der Waals surface area contributed by atoms with Crippen molar-refractivity contribution in [2.24, 2.45) is 5.73 Å². The van der Waals surface area contributed by atoms with Crippen LogP contribution in [0.5, 0.6) is 0 Å². The molecule has 0 spiro atoms. The van der Waals surface area contributed by atoms with E-state index in [1.165, 1.54) is 6.92 Å². The standard InChI is InChI=1S/C21H28ClN7O2/c1-5-15-19(22)26-21(18(25-15)20(23)31)24-14-6-7-16(17(12-14)28(4)13(2)30)29-10-8-27(3)9-11-29/h6-7,12H,5,8-11H2,1-4H3,(H2,23,31)(H,24,26). The summed E-state index contributed by atoms with van der Waals surface area (Å²) in [7, 11) is 3.84. The molecule has 0 saturated carbocycles. The van der Waals surface area contributed by atoms with Crippen molar-refractivity contribution in [1.82, 2.24) is 14.9 Å². The van der Waals surface area contributed by atoms with Crippen molar-refractivity contribution < 1.29 is 9.59 Å². The summed E-state index contributed by atoms with van der Waals surface area (Å²) < 4.78 is 0. The van der Waals surface area contributed by atoms with E-state index in [4.69, 9.17) is 17.3 Å². The van der Waals surface area contributed by atoms with E-state index in [1.54, 1.807) is 11.9 Å². The Balaban J connectivity index is 1.99. The number of aromatic nitrogens is 2. The Labute approximate surface area is 187 Å². The first-order chi connectivity index (χ1) is 14.7. The van der Waals surface area contributed by atoms with Crippen LogP contribution in [0.15, 0.2) is 18.2 Å². The van der Waals surface area contributed by atoms with Crippen LogP contribution in [0.4, 0.5) is 22.9 Å². The van der Waals surface area contributed by atoms with E-state index in [0.717, 1.165) is 37.6 Å². The summed E-state index contributed by atoms with van der Waals surface area (Å²) in [4.78, 5) is 38.7. The van der Waals surface area contributed by atoms with Gasteiger partial charge in [-0.05, 0) is 31.7 Å². The maximum absolute atomic E-state index is 12.1. The van der Waals surface area contributed by atoms with Gasteiger partial charge in [0.25, 0.3) is 5.91 Å². The van der Waals surface area contributed by atoms with Gasteiger partial charge in [-0.3, -0.25) is 9.59 Å². The molecule has 10 heteroatoms. The topological polar surface area (TPSA) is 108 Å². The van der Waals surface area contributed by atoms with Crippen LogP contribution in [0.2, 0.25) is 5.15 Å². The van der Waals surface area contributed by atoms with Crippen LogP contribution in [0, 0.1) is 0 Å². The lowest BCUT2D eigenvalue weighted by Crippen LogP contribution is -2.45. The minimum atomic E-state index is -0.698. The number of hydrogen-bond acceptors (Lipinski definition) is 7. The molecule has 0 aliphatic carbocycles. The number of hydrogen-bond donors (Lipinski definition) is 2. The number of carbonyl (C=O) groups is 2. The first kappa shape index (κ1) is 22.8. The first-order valence-electron chi connectivity index (χ1n) is 10.2. The van der Waals surface area contributed by atoms with E-state index in [0.29, 0.717) is 17.8 Å². The average molecular weight is 446 g/mol. The van der Waals surface area contributed by atoms with Crippen molar-refractivity contribution in [1.29, 1.82) is 0 Å². The molecule has 3 rings (SSSR count). The number of nitrogens with zero attached hydrogens (tertiary/aromatic N) is 5. The molecule has 2 heterocycles. The number of aryl methyl sites for hydroxylation is 1. The first-order valence-corrected chi connectivity index (χ1v) is 10.5. The van der Waals surface area contributed by atoms with Crippen LogP contribution >= 0.6 is 11.6 Å². The van der Waals surface area contributed by atoms with E-state index < -0.39 is 5.91 Å². The number of piperazine rings is 1. The second-order valence-electron chi connectivity index (χ2n) is 7.57. The average Bonchev–Trinajstić information content (AvgIpc) is 2.73. The third-order valence-corrected chi connectivity index (χ3v) is 5.71. The van der Waals surface area contributed by atoms with Crippen molar-refractivity contribution in [3.05, 3.63) is 34.7 Å². The summed E-state index contributed by atoms with van der Waals surface area (Å²) in [6.45, 7) is 7.02. The molecule has 1 saturated heterocycles. The maximum Gasteiger partial charge on any atom is 0.271 e. The van der Waals surface area contributed by atoms with Gasteiger partial charge in [0.05, 0.1) is 17.1 Å². The maximum atomic E-state index is 12.1. The zero-order valence-corrected chi connectivity index (χ0v) is 19.0. The van der Waals surface area contributed by atoms with Gasteiger partial charge >= 0.3 is 0 Å². The number of nitrogens with two attached hydrogens (primary N) is 1. The highest BCUT2D eigenvalue weighted by molar-refractivity contribution is 6.30. The highest BCUT2D eigenvalue weighted by Crippen LogP contribution is 2.34. The molecule has 1 aromatic carbocycles. The molecule has 9 nitrogen and oxygen atoms in total. The molecule has 2 aromatic rings. The number of primary amides is 1. The molecule has 1 aliphatic heterocycles. The molecule has 31 heavy (non-hydrogen) atoms. The number of amides is 2. The monoisotopic (exact) mass is 445 g/mol. The van der Waals surface area contributed by atoms with Gasteiger partial charge in [0.2, 0.25) is 5.91 Å². The zero-order valence-electron chi connectivity index (χ0n) is 18.3. The lowest BCUT2D eigenvalue weighted by atomic mass is 10.1. The van der Waals surface area contributed by atoms with Gasteiger partial charge in [0, 0.05) is 45.8 Å². The van der Waals surface area contributed by atoms with Gasteiger partial charge in [-0.15, -0.1) is 0 Å². The highest BCUT2D eigenvalue weighted by Gasteiger charge is 2.22. The predicted molar refractivity (Wildman–Crippen MR) is 123 cm³/mol. The molecule has 1 aliphatic rings. The predicted octanol–water partition coefficient (Wildman–Crippen LogP) is 2.27. The fraction of sp³-hybridized carbons (Fsp3) is 0.429. The number of rotatable bonds is 6.